The van der Waals surface area contributed by atoms with E-state index in [0.717, 1.165) is 5.82 Å². The smallest absolute Gasteiger partial charge is 0.201 e. The highest BCUT2D eigenvalue weighted by molar-refractivity contribution is 5.78. The number of halogens is 1. The van der Waals surface area contributed by atoms with Crippen LogP contribution >= 0.6 is 0 Å². The Morgan fingerprint density at radius 2 is 2.22 bits per heavy atom. The average molecular weight is 246 g/mol. The van der Waals surface area contributed by atoms with Crippen molar-refractivity contribution in [2.24, 2.45) is 7.05 Å². The lowest BCUT2D eigenvalue weighted by molar-refractivity contribution is 0.628. The number of hydrogen-bond acceptors (Lipinski definition) is 4. The molecule has 3 aromatic rings. The molecule has 2 heterocycles. The highest BCUT2D eigenvalue weighted by atomic mass is 19.1. The van der Waals surface area contributed by atoms with Crippen molar-refractivity contribution in [3.05, 3.63) is 36.2 Å². The van der Waals surface area contributed by atoms with E-state index in [1.165, 1.54) is 12.1 Å². The number of benzene rings is 1. The van der Waals surface area contributed by atoms with Crippen LogP contribution in [0.4, 0.5) is 10.3 Å². The van der Waals surface area contributed by atoms with Gasteiger partial charge in [-0.25, -0.2) is 9.37 Å². The Kier molecular flexibility index (Phi) is 2.26. The first-order valence-corrected chi connectivity index (χ1v) is 5.39. The minimum atomic E-state index is -0.318. The van der Waals surface area contributed by atoms with Crippen LogP contribution in [0, 0.1) is 5.82 Å². The first-order valence-electron chi connectivity index (χ1n) is 5.39. The van der Waals surface area contributed by atoms with E-state index >= 15 is 0 Å². The third-order valence-electron chi connectivity index (χ3n) is 2.84. The normalized spacial score (nSPS) is 11.2. The molecular formula is C11H11FN6. The van der Waals surface area contributed by atoms with Crippen molar-refractivity contribution < 1.29 is 4.39 Å². The third kappa shape index (κ3) is 1.60. The van der Waals surface area contributed by atoms with Crippen LogP contribution in [0.15, 0.2) is 24.5 Å². The molecule has 0 aliphatic carbocycles. The summed E-state index contributed by atoms with van der Waals surface area (Å²) in [5.41, 5.74) is 7.15. The zero-order chi connectivity index (χ0) is 12.7. The molecule has 0 unspecified atom stereocenters. The predicted molar refractivity (Wildman–Crippen MR) is 64.2 cm³/mol. The van der Waals surface area contributed by atoms with Crippen molar-refractivity contribution in [1.29, 1.82) is 0 Å². The molecule has 6 nitrogen and oxygen atoms in total. The predicted octanol–water partition coefficient (Wildman–Crippen LogP) is 0.934. The van der Waals surface area contributed by atoms with Crippen molar-refractivity contribution >= 4 is 17.0 Å². The number of hydrogen-bond donors (Lipinski definition) is 1. The molecule has 0 spiro atoms. The molecule has 3 rings (SSSR count). The number of anilines is 1. The second-order valence-electron chi connectivity index (χ2n) is 4.05. The highest BCUT2D eigenvalue weighted by Gasteiger charge is 2.11. The Morgan fingerprint density at radius 1 is 1.39 bits per heavy atom. The number of aromatic nitrogens is 5. The SMILES string of the molecule is Cn1cnnc1Cn1c(N)nc2ccc(F)cc21. The summed E-state index contributed by atoms with van der Waals surface area (Å²) in [7, 11) is 1.84. The highest BCUT2D eigenvalue weighted by Crippen LogP contribution is 2.19. The number of rotatable bonds is 2. The zero-order valence-corrected chi connectivity index (χ0v) is 9.71. The van der Waals surface area contributed by atoms with Crippen molar-refractivity contribution in [2.45, 2.75) is 6.54 Å². The van der Waals surface area contributed by atoms with E-state index in [0.29, 0.717) is 23.5 Å². The summed E-state index contributed by atoms with van der Waals surface area (Å²) in [5.74, 6) is 0.741. The molecule has 0 amide bonds. The van der Waals surface area contributed by atoms with Gasteiger partial charge in [-0.15, -0.1) is 10.2 Å². The van der Waals surface area contributed by atoms with Crippen molar-refractivity contribution in [1.82, 2.24) is 24.3 Å². The molecule has 0 radical (unpaired) electrons. The second kappa shape index (κ2) is 3.80. The first-order chi connectivity index (χ1) is 8.65. The standard InChI is InChI=1S/C11H11FN6/c1-17-6-14-16-10(17)5-18-9-4-7(12)2-3-8(9)15-11(18)13/h2-4,6H,5H2,1H3,(H2,13,15). The summed E-state index contributed by atoms with van der Waals surface area (Å²) < 4.78 is 16.8. The summed E-state index contributed by atoms with van der Waals surface area (Å²) >= 11 is 0. The lowest BCUT2D eigenvalue weighted by Crippen LogP contribution is -2.08. The second-order valence-corrected chi connectivity index (χ2v) is 4.05. The molecule has 0 atom stereocenters. The topological polar surface area (TPSA) is 74.5 Å². The summed E-state index contributed by atoms with van der Waals surface area (Å²) in [6.07, 6.45) is 1.60. The largest absolute Gasteiger partial charge is 0.369 e. The Bertz CT molecular complexity index is 713. The van der Waals surface area contributed by atoms with Gasteiger partial charge in [-0.1, -0.05) is 0 Å². The molecule has 2 N–H and O–H groups in total. The van der Waals surface area contributed by atoms with E-state index in [2.05, 4.69) is 15.2 Å². The van der Waals surface area contributed by atoms with Gasteiger partial charge in [0.1, 0.15) is 12.1 Å². The van der Waals surface area contributed by atoms with Crippen LogP contribution in [-0.2, 0) is 13.6 Å². The van der Waals surface area contributed by atoms with Crippen molar-refractivity contribution in [2.75, 3.05) is 5.73 Å². The minimum Gasteiger partial charge on any atom is -0.369 e. The minimum absolute atomic E-state index is 0.318. The molecule has 2 aromatic heterocycles. The summed E-state index contributed by atoms with van der Waals surface area (Å²) in [6, 6.07) is 4.38. The van der Waals surface area contributed by atoms with Crippen LogP contribution in [0.5, 0.6) is 0 Å². The molecule has 0 saturated heterocycles. The van der Waals surface area contributed by atoms with Crippen LogP contribution in [-0.4, -0.2) is 24.3 Å². The molecule has 92 valence electrons. The number of imidazole rings is 1. The molecule has 18 heavy (non-hydrogen) atoms. The van der Waals surface area contributed by atoms with E-state index < -0.39 is 0 Å². The number of nitrogens with two attached hydrogens (primary N) is 1. The Hall–Kier alpha value is -2.44. The molecule has 0 aliphatic rings. The fraction of sp³-hybridized carbons (Fsp3) is 0.182. The Labute approximate surface area is 102 Å². The van der Waals surface area contributed by atoms with Crippen molar-refractivity contribution in [3.63, 3.8) is 0 Å². The van der Waals surface area contributed by atoms with Gasteiger partial charge in [0.2, 0.25) is 5.95 Å². The van der Waals surface area contributed by atoms with E-state index in [-0.39, 0.29) is 5.82 Å². The van der Waals surface area contributed by atoms with Gasteiger partial charge in [0, 0.05) is 7.05 Å². The molecule has 1 aromatic carbocycles. The molecule has 7 heteroatoms. The molecule has 0 saturated carbocycles. The van der Waals surface area contributed by atoms with E-state index in [9.17, 15) is 4.39 Å². The van der Waals surface area contributed by atoms with Crippen LogP contribution in [0.1, 0.15) is 5.82 Å². The lowest BCUT2D eigenvalue weighted by atomic mass is 10.3. The molecule has 0 bridgehead atoms. The van der Waals surface area contributed by atoms with E-state index in [1.54, 1.807) is 21.5 Å². The maximum absolute atomic E-state index is 13.3. The van der Waals surface area contributed by atoms with Gasteiger partial charge >= 0.3 is 0 Å². The summed E-state index contributed by atoms with van der Waals surface area (Å²) in [4.78, 5) is 4.18. The van der Waals surface area contributed by atoms with Gasteiger partial charge in [-0.2, -0.15) is 0 Å². The molecular weight excluding hydrogens is 235 g/mol. The van der Waals surface area contributed by atoms with Gasteiger partial charge in [0.25, 0.3) is 0 Å². The van der Waals surface area contributed by atoms with E-state index in [1.807, 2.05) is 7.05 Å². The lowest BCUT2D eigenvalue weighted by Gasteiger charge is -2.05. The number of aryl methyl sites for hydroxylation is 1. The van der Waals surface area contributed by atoms with E-state index in [4.69, 9.17) is 5.73 Å². The van der Waals surface area contributed by atoms with Gasteiger partial charge in [-0.3, -0.25) is 0 Å². The van der Waals surface area contributed by atoms with Crippen LogP contribution in [0.3, 0.4) is 0 Å². The number of nitrogens with zero attached hydrogens (tertiary/aromatic N) is 5. The van der Waals surface area contributed by atoms with Crippen LogP contribution in [0.25, 0.3) is 11.0 Å². The van der Waals surface area contributed by atoms with Crippen molar-refractivity contribution in [3.8, 4) is 0 Å². The van der Waals surface area contributed by atoms with Gasteiger partial charge in [-0.05, 0) is 18.2 Å². The maximum atomic E-state index is 13.3. The van der Waals surface area contributed by atoms with Gasteiger partial charge < -0.3 is 14.9 Å². The molecule has 0 aliphatic heterocycles. The quantitative estimate of drug-likeness (QED) is 0.730. The van der Waals surface area contributed by atoms with Crippen LogP contribution in [0.2, 0.25) is 0 Å². The fourth-order valence-corrected chi connectivity index (χ4v) is 1.87. The maximum Gasteiger partial charge on any atom is 0.201 e. The average Bonchev–Trinajstić information content (AvgIpc) is 2.86. The first kappa shape index (κ1) is 10.7. The monoisotopic (exact) mass is 246 g/mol. The zero-order valence-electron chi connectivity index (χ0n) is 9.71. The summed E-state index contributed by atoms with van der Waals surface area (Å²) in [6.45, 7) is 0.405. The third-order valence-corrected chi connectivity index (χ3v) is 2.84. The van der Waals surface area contributed by atoms with Crippen LogP contribution < -0.4 is 5.73 Å². The number of fused-ring (bicyclic) bond motifs is 1. The van der Waals surface area contributed by atoms with Gasteiger partial charge in [0.15, 0.2) is 5.82 Å². The Morgan fingerprint density at radius 3 is 2.94 bits per heavy atom. The van der Waals surface area contributed by atoms with Gasteiger partial charge in [0.05, 0.1) is 17.6 Å². The Balaban J connectivity index is 2.13. The molecule has 0 fully saturated rings. The summed E-state index contributed by atoms with van der Waals surface area (Å²) in [5, 5.41) is 7.77. The number of nitrogen functional groups attached to an aromatic ring is 1. The fourth-order valence-electron chi connectivity index (χ4n) is 1.87.